The number of hydrogen-bond donors (Lipinski definition) is 1. The number of rotatable bonds is 5. The van der Waals surface area contributed by atoms with Crippen LogP contribution in [0.1, 0.15) is 58.3 Å². The Hall–Kier alpha value is -1.98. The smallest absolute Gasteiger partial charge is 0.233 e. The monoisotopic (exact) mass is 364 g/mol. The van der Waals surface area contributed by atoms with Gasteiger partial charge in [0.05, 0.1) is 5.41 Å². The molecule has 1 N–H and O–H groups in total. The lowest BCUT2D eigenvalue weighted by Gasteiger charge is -2.37. The maximum absolute atomic E-state index is 13.5. The fourth-order valence-corrected chi connectivity index (χ4v) is 4.31. The van der Waals surface area contributed by atoms with Crippen LogP contribution in [0.4, 0.5) is 14.5 Å². The zero-order valence-electron chi connectivity index (χ0n) is 15.2. The summed E-state index contributed by atoms with van der Waals surface area (Å²) in [5.41, 5.74) is -0.248. The van der Waals surface area contributed by atoms with Gasteiger partial charge in [-0.1, -0.05) is 19.8 Å². The minimum Gasteiger partial charge on any atom is -0.353 e. The minimum atomic E-state index is -0.682. The lowest BCUT2D eigenvalue weighted by atomic mass is 9.71. The number of amides is 2. The van der Waals surface area contributed by atoms with E-state index in [2.05, 4.69) is 5.32 Å². The number of hydrogen-bond acceptors (Lipinski definition) is 2. The van der Waals surface area contributed by atoms with Crippen molar-refractivity contribution in [3.8, 4) is 0 Å². The number of anilines is 1. The molecule has 0 bridgehead atoms. The van der Waals surface area contributed by atoms with Crippen molar-refractivity contribution in [1.82, 2.24) is 5.32 Å². The number of halogens is 2. The van der Waals surface area contributed by atoms with Gasteiger partial charge in [0.25, 0.3) is 0 Å². The molecule has 1 aliphatic heterocycles. The van der Waals surface area contributed by atoms with Crippen LogP contribution in [0.5, 0.6) is 0 Å². The first-order chi connectivity index (χ1) is 12.4. The molecule has 1 aromatic carbocycles. The quantitative estimate of drug-likeness (QED) is 0.860. The third-order valence-electron chi connectivity index (χ3n) is 5.64. The van der Waals surface area contributed by atoms with Crippen LogP contribution in [0, 0.1) is 17.0 Å². The van der Waals surface area contributed by atoms with Crippen LogP contribution in [0.2, 0.25) is 0 Å². The molecule has 0 radical (unpaired) electrons. The Bertz CT molecular complexity index is 674. The summed E-state index contributed by atoms with van der Waals surface area (Å²) in [4.78, 5) is 26.6. The van der Waals surface area contributed by atoms with Crippen molar-refractivity contribution in [1.29, 1.82) is 0 Å². The summed E-state index contributed by atoms with van der Waals surface area (Å²) in [5, 5.41) is 3.07. The van der Waals surface area contributed by atoms with Gasteiger partial charge in [0.2, 0.25) is 11.8 Å². The minimum absolute atomic E-state index is 0.00116. The van der Waals surface area contributed by atoms with Crippen LogP contribution in [-0.2, 0) is 9.59 Å². The zero-order valence-corrected chi connectivity index (χ0v) is 15.2. The SMILES string of the molecule is CCCCC(=O)NC1CCCC2(CCN(c3cc(F)cc(F)c3)C2=O)C1. The number of benzene rings is 1. The first-order valence-electron chi connectivity index (χ1n) is 9.51. The molecule has 3 rings (SSSR count). The molecule has 2 fully saturated rings. The second-order valence-corrected chi connectivity index (χ2v) is 7.58. The number of nitrogens with one attached hydrogen (secondary N) is 1. The molecule has 26 heavy (non-hydrogen) atoms. The molecule has 4 nitrogen and oxygen atoms in total. The van der Waals surface area contributed by atoms with E-state index >= 15 is 0 Å². The highest BCUT2D eigenvalue weighted by molar-refractivity contribution is 6.00. The van der Waals surface area contributed by atoms with Crippen molar-refractivity contribution in [3.05, 3.63) is 29.8 Å². The van der Waals surface area contributed by atoms with E-state index in [0.717, 1.165) is 38.2 Å². The lowest BCUT2D eigenvalue weighted by molar-refractivity contribution is -0.129. The van der Waals surface area contributed by atoms with E-state index in [1.807, 2.05) is 6.92 Å². The zero-order chi connectivity index (χ0) is 18.7. The second kappa shape index (κ2) is 7.72. The fourth-order valence-electron chi connectivity index (χ4n) is 4.31. The summed E-state index contributed by atoms with van der Waals surface area (Å²) >= 11 is 0. The van der Waals surface area contributed by atoms with Crippen LogP contribution in [-0.4, -0.2) is 24.4 Å². The van der Waals surface area contributed by atoms with Gasteiger partial charge in [-0.15, -0.1) is 0 Å². The highest BCUT2D eigenvalue weighted by atomic mass is 19.1. The van der Waals surface area contributed by atoms with E-state index in [1.165, 1.54) is 17.0 Å². The van der Waals surface area contributed by atoms with E-state index in [1.54, 1.807) is 0 Å². The molecule has 142 valence electrons. The number of nitrogens with zero attached hydrogens (tertiary/aromatic N) is 1. The van der Waals surface area contributed by atoms with E-state index in [0.29, 0.717) is 25.8 Å². The first-order valence-corrected chi connectivity index (χ1v) is 9.51. The summed E-state index contributed by atoms with van der Waals surface area (Å²) in [6.07, 6.45) is 6.13. The van der Waals surface area contributed by atoms with Crippen molar-refractivity contribution in [2.75, 3.05) is 11.4 Å². The molecule has 6 heteroatoms. The van der Waals surface area contributed by atoms with Gasteiger partial charge in [0.15, 0.2) is 0 Å². The maximum atomic E-state index is 13.5. The van der Waals surface area contributed by atoms with Gasteiger partial charge < -0.3 is 10.2 Å². The lowest BCUT2D eigenvalue weighted by Crippen LogP contribution is -2.45. The molecule has 1 saturated carbocycles. The van der Waals surface area contributed by atoms with Crippen molar-refractivity contribution in [2.24, 2.45) is 5.41 Å². The Morgan fingerprint density at radius 2 is 2.00 bits per heavy atom. The van der Waals surface area contributed by atoms with Crippen LogP contribution in [0.25, 0.3) is 0 Å². The second-order valence-electron chi connectivity index (χ2n) is 7.58. The predicted molar refractivity (Wildman–Crippen MR) is 95.7 cm³/mol. The Labute approximate surface area is 152 Å². The summed E-state index contributed by atoms with van der Waals surface area (Å²) in [6, 6.07) is 3.21. The molecule has 1 heterocycles. The van der Waals surface area contributed by atoms with E-state index in [4.69, 9.17) is 0 Å². The summed E-state index contributed by atoms with van der Waals surface area (Å²) < 4.78 is 27.0. The van der Waals surface area contributed by atoms with Gasteiger partial charge in [0, 0.05) is 30.8 Å². The topological polar surface area (TPSA) is 49.4 Å². The molecular weight excluding hydrogens is 338 g/mol. The van der Waals surface area contributed by atoms with E-state index < -0.39 is 17.0 Å². The Balaban J connectivity index is 1.70. The first kappa shape index (κ1) is 18.8. The van der Waals surface area contributed by atoms with Gasteiger partial charge in [0.1, 0.15) is 11.6 Å². The average Bonchev–Trinajstić information content (AvgIpc) is 2.88. The van der Waals surface area contributed by atoms with Gasteiger partial charge in [-0.2, -0.15) is 0 Å². The normalized spacial score (nSPS) is 25.7. The molecule has 0 aromatic heterocycles. The molecule has 2 amide bonds. The molecule has 2 atom stereocenters. The van der Waals surface area contributed by atoms with Crippen molar-refractivity contribution < 1.29 is 18.4 Å². The molecule has 2 unspecified atom stereocenters. The number of carbonyl (C=O) groups excluding carboxylic acids is 2. The van der Waals surface area contributed by atoms with Crippen LogP contribution in [0.15, 0.2) is 18.2 Å². The summed E-state index contributed by atoms with van der Waals surface area (Å²) in [6.45, 7) is 2.50. The molecule has 1 saturated heterocycles. The molecule has 2 aliphatic rings. The number of unbranched alkanes of at least 4 members (excludes halogenated alkanes) is 1. The van der Waals surface area contributed by atoms with Crippen LogP contribution >= 0.6 is 0 Å². The molecule has 1 aliphatic carbocycles. The average molecular weight is 364 g/mol. The Morgan fingerprint density at radius 3 is 2.69 bits per heavy atom. The fraction of sp³-hybridized carbons (Fsp3) is 0.600. The highest BCUT2D eigenvalue weighted by Crippen LogP contribution is 2.46. The Morgan fingerprint density at radius 1 is 1.27 bits per heavy atom. The van der Waals surface area contributed by atoms with Gasteiger partial charge >= 0.3 is 0 Å². The van der Waals surface area contributed by atoms with Crippen molar-refractivity contribution in [3.63, 3.8) is 0 Å². The molecule has 1 aromatic rings. The standard InChI is InChI=1S/C20H26F2N2O2/c1-2-3-6-18(25)23-16-5-4-7-20(13-16)8-9-24(19(20)26)17-11-14(21)10-15(22)12-17/h10-12,16H,2-9,13H2,1H3,(H,23,25). The molecule has 1 spiro atoms. The van der Waals surface area contributed by atoms with Gasteiger partial charge in [-0.3, -0.25) is 9.59 Å². The maximum Gasteiger partial charge on any atom is 0.233 e. The largest absolute Gasteiger partial charge is 0.353 e. The summed E-state index contributed by atoms with van der Waals surface area (Å²) in [5.74, 6) is -1.39. The Kier molecular flexibility index (Phi) is 5.58. The van der Waals surface area contributed by atoms with Gasteiger partial charge in [-0.05, 0) is 44.2 Å². The van der Waals surface area contributed by atoms with Crippen molar-refractivity contribution in [2.45, 2.75) is 64.3 Å². The highest BCUT2D eigenvalue weighted by Gasteiger charge is 2.49. The molecular formula is C20H26F2N2O2. The predicted octanol–water partition coefficient (Wildman–Crippen LogP) is 3.94. The summed E-state index contributed by atoms with van der Waals surface area (Å²) in [7, 11) is 0. The number of carbonyl (C=O) groups is 2. The van der Waals surface area contributed by atoms with Gasteiger partial charge in [-0.25, -0.2) is 8.78 Å². The van der Waals surface area contributed by atoms with E-state index in [9.17, 15) is 18.4 Å². The third kappa shape index (κ3) is 3.89. The van der Waals surface area contributed by atoms with Crippen molar-refractivity contribution >= 4 is 17.5 Å². The van der Waals surface area contributed by atoms with E-state index in [-0.39, 0.29) is 23.5 Å². The van der Waals surface area contributed by atoms with Crippen LogP contribution in [0.3, 0.4) is 0 Å². The third-order valence-corrected chi connectivity index (χ3v) is 5.64. The van der Waals surface area contributed by atoms with Crippen LogP contribution < -0.4 is 10.2 Å².